The standard InChI is InChI=1S/C20H26N2O2/c1-14(2)10-20(23)21-11-16-8-9-22(12-16)13-19-15(3)17-6-4-5-7-18(17)24-19/h4-7,10,16H,8-9,11-13H2,1-3H3,(H,21,23)/t16-/m1/s1. The van der Waals surface area contributed by atoms with Gasteiger partial charge in [-0.05, 0) is 51.3 Å². The molecule has 1 aromatic carbocycles. The highest BCUT2D eigenvalue weighted by atomic mass is 16.3. The second-order valence-corrected chi connectivity index (χ2v) is 7.00. The van der Waals surface area contributed by atoms with Crippen LogP contribution in [0.2, 0.25) is 0 Å². The van der Waals surface area contributed by atoms with Gasteiger partial charge in [-0.25, -0.2) is 0 Å². The Hall–Kier alpha value is -2.07. The monoisotopic (exact) mass is 326 g/mol. The fourth-order valence-electron chi connectivity index (χ4n) is 3.36. The molecule has 1 fully saturated rings. The van der Waals surface area contributed by atoms with Gasteiger partial charge in [-0.2, -0.15) is 0 Å². The number of hydrogen-bond donors (Lipinski definition) is 1. The number of hydrogen-bond acceptors (Lipinski definition) is 3. The second kappa shape index (κ2) is 7.22. The van der Waals surface area contributed by atoms with Crippen molar-refractivity contribution in [1.82, 2.24) is 10.2 Å². The van der Waals surface area contributed by atoms with Crippen molar-refractivity contribution in [1.29, 1.82) is 0 Å². The van der Waals surface area contributed by atoms with E-state index in [9.17, 15) is 4.79 Å². The van der Waals surface area contributed by atoms with Gasteiger partial charge in [-0.1, -0.05) is 23.8 Å². The van der Waals surface area contributed by atoms with E-state index in [4.69, 9.17) is 4.42 Å². The van der Waals surface area contributed by atoms with E-state index in [0.717, 1.165) is 49.5 Å². The van der Waals surface area contributed by atoms with Gasteiger partial charge in [0.2, 0.25) is 5.91 Å². The van der Waals surface area contributed by atoms with Crippen LogP contribution < -0.4 is 5.32 Å². The van der Waals surface area contributed by atoms with Crippen molar-refractivity contribution in [2.45, 2.75) is 33.7 Å². The molecular formula is C20H26N2O2. The molecule has 1 aliphatic rings. The number of para-hydroxylation sites is 1. The topological polar surface area (TPSA) is 45.5 Å². The Morgan fingerprint density at radius 3 is 2.92 bits per heavy atom. The zero-order valence-electron chi connectivity index (χ0n) is 14.8. The van der Waals surface area contributed by atoms with E-state index in [1.165, 1.54) is 10.9 Å². The second-order valence-electron chi connectivity index (χ2n) is 7.00. The summed E-state index contributed by atoms with van der Waals surface area (Å²) in [6.07, 6.45) is 2.78. The van der Waals surface area contributed by atoms with Crippen LogP contribution in [0.25, 0.3) is 11.0 Å². The van der Waals surface area contributed by atoms with Gasteiger partial charge >= 0.3 is 0 Å². The maximum atomic E-state index is 11.7. The molecule has 1 saturated heterocycles. The van der Waals surface area contributed by atoms with E-state index in [1.54, 1.807) is 6.08 Å². The van der Waals surface area contributed by atoms with Gasteiger partial charge in [-0.3, -0.25) is 9.69 Å². The smallest absolute Gasteiger partial charge is 0.243 e. The lowest BCUT2D eigenvalue weighted by Gasteiger charge is -2.15. The third kappa shape index (κ3) is 3.88. The summed E-state index contributed by atoms with van der Waals surface area (Å²) in [6.45, 7) is 9.66. The maximum Gasteiger partial charge on any atom is 0.243 e. The van der Waals surface area contributed by atoms with Crippen LogP contribution >= 0.6 is 0 Å². The molecule has 0 bridgehead atoms. The van der Waals surface area contributed by atoms with Crippen molar-refractivity contribution in [3.8, 4) is 0 Å². The number of benzene rings is 1. The minimum Gasteiger partial charge on any atom is -0.459 e. The molecule has 0 aliphatic carbocycles. The van der Waals surface area contributed by atoms with Crippen LogP contribution in [-0.4, -0.2) is 30.4 Å². The Morgan fingerprint density at radius 1 is 1.38 bits per heavy atom. The lowest BCUT2D eigenvalue weighted by Crippen LogP contribution is -2.29. The van der Waals surface area contributed by atoms with Crippen LogP contribution in [-0.2, 0) is 11.3 Å². The van der Waals surface area contributed by atoms with Gasteiger partial charge in [0.1, 0.15) is 11.3 Å². The molecule has 1 amide bonds. The summed E-state index contributed by atoms with van der Waals surface area (Å²) >= 11 is 0. The van der Waals surface area contributed by atoms with E-state index >= 15 is 0 Å². The van der Waals surface area contributed by atoms with Gasteiger partial charge in [0, 0.05) is 24.6 Å². The predicted molar refractivity (Wildman–Crippen MR) is 96.8 cm³/mol. The average Bonchev–Trinajstić information content (AvgIpc) is 3.11. The van der Waals surface area contributed by atoms with E-state index in [-0.39, 0.29) is 5.91 Å². The van der Waals surface area contributed by atoms with Crippen molar-refractivity contribution in [2.24, 2.45) is 5.92 Å². The zero-order chi connectivity index (χ0) is 17.1. The third-order valence-corrected chi connectivity index (χ3v) is 4.66. The van der Waals surface area contributed by atoms with E-state index in [2.05, 4.69) is 29.3 Å². The molecule has 2 aromatic rings. The van der Waals surface area contributed by atoms with Gasteiger partial charge in [-0.15, -0.1) is 0 Å². The number of likely N-dealkylation sites (tertiary alicyclic amines) is 1. The SMILES string of the molecule is CC(C)=CC(=O)NC[C@H]1CCN(Cc2oc3ccccc3c2C)C1. The highest BCUT2D eigenvalue weighted by Gasteiger charge is 2.24. The first-order chi connectivity index (χ1) is 11.5. The summed E-state index contributed by atoms with van der Waals surface area (Å²) in [4.78, 5) is 14.1. The van der Waals surface area contributed by atoms with Crippen molar-refractivity contribution in [3.05, 3.63) is 47.2 Å². The molecule has 0 unspecified atom stereocenters. The summed E-state index contributed by atoms with van der Waals surface area (Å²) in [7, 11) is 0. The van der Waals surface area contributed by atoms with Crippen LogP contribution in [0.15, 0.2) is 40.3 Å². The Morgan fingerprint density at radius 2 is 2.17 bits per heavy atom. The Balaban J connectivity index is 1.55. The number of nitrogens with zero attached hydrogens (tertiary/aromatic N) is 1. The molecule has 1 atom stereocenters. The first-order valence-corrected chi connectivity index (χ1v) is 8.65. The fourth-order valence-corrected chi connectivity index (χ4v) is 3.36. The number of allylic oxidation sites excluding steroid dienone is 1. The molecule has 24 heavy (non-hydrogen) atoms. The third-order valence-electron chi connectivity index (χ3n) is 4.66. The van der Waals surface area contributed by atoms with E-state index < -0.39 is 0 Å². The molecule has 1 aliphatic heterocycles. The molecule has 4 heteroatoms. The number of fused-ring (bicyclic) bond motifs is 1. The lowest BCUT2D eigenvalue weighted by atomic mass is 10.1. The molecule has 2 heterocycles. The van der Waals surface area contributed by atoms with Crippen LogP contribution in [0.3, 0.4) is 0 Å². The highest BCUT2D eigenvalue weighted by Crippen LogP contribution is 2.27. The van der Waals surface area contributed by atoms with Crippen LogP contribution in [0.1, 0.15) is 31.6 Å². The summed E-state index contributed by atoms with van der Waals surface area (Å²) in [5.41, 5.74) is 3.24. The van der Waals surface area contributed by atoms with E-state index in [0.29, 0.717) is 5.92 Å². The number of furan rings is 1. The van der Waals surface area contributed by atoms with Gasteiger partial charge in [0.25, 0.3) is 0 Å². The lowest BCUT2D eigenvalue weighted by molar-refractivity contribution is -0.116. The van der Waals surface area contributed by atoms with Gasteiger partial charge < -0.3 is 9.73 Å². The number of rotatable bonds is 5. The zero-order valence-corrected chi connectivity index (χ0v) is 14.8. The molecule has 1 aromatic heterocycles. The molecule has 0 radical (unpaired) electrons. The first-order valence-electron chi connectivity index (χ1n) is 8.65. The predicted octanol–water partition coefficient (Wildman–Crippen LogP) is 3.65. The van der Waals surface area contributed by atoms with Crippen molar-refractivity contribution >= 4 is 16.9 Å². The Labute approximate surface area is 143 Å². The first kappa shape index (κ1) is 16.8. The summed E-state index contributed by atoms with van der Waals surface area (Å²) in [6, 6.07) is 8.20. The van der Waals surface area contributed by atoms with Gasteiger partial charge in [0.05, 0.1) is 6.54 Å². The largest absolute Gasteiger partial charge is 0.459 e. The van der Waals surface area contributed by atoms with Crippen LogP contribution in [0.4, 0.5) is 0 Å². The molecule has 128 valence electrons. The average molecular weight is 326 g/mol. The minimum absolute atomic E-state index is 0.0154. The summed E-state index contributed by atoms with van der Waals surface area (Å²) < 4.78 is 6.02. The molecule has 0 saturated carbocycles. The Kier molecular flexibility index (Phi) is 5.05. The quantitative estimate of drug-likeness (QED) is 0.853. The maximum absolute atomic E-state index is 11.7. The Bertz CT molecular complexity index is 756. The number of nitrogens with one attached hydrogen (secondary N) is 1. The normalized spacial score (nSPS) is 18.0. The molecular weight excluding hydrogens is 300 g/mol. The molecule has 4 nitrogen and oxygen atoms in total. The van der Waals surface area contributed by atoms with Crippen molar-refractivity contribution in [3.63, 3.8) is 0 Å². The van der Waals surface area contributed by atoms with Crippen LogP contribution in [0.5, 0.6) is 0 Å². The van der Waals surface area contributed by atoms with Crippen molar-refractivity contribution in [2.75, 3.05) is 19.6 Å². The summed E-state index contributed by atoms with van der Waals surface area (Å²) in [5.74, 6) is 1.59. The number of carbonyl (C=O) groups excluding carboxylic acids is 1. The molecule has 3 rings (SSSR count). The number of aryl methyl sites for hydroxylation is 1. The van der Waals surface area contributed by atoms with Gasteiger partial charge in [0.15, 0.2) is 0 Å². The number of amides is 1. The van der Waals surface area contributed by atoms with E-state index in [1.807, 2.05) is 26.0 Å². The molecule has 1 N–H and O–H groups in total. The fraction of sp³-hybridized carbons (Fsp3) is 0.450. The summed E-state index contributed by atoms with van der Waals surface area (Å²) in [5, 5.41) is 4.21. The van der Waals surface area contributed by atoms with Crippen molar-refractivity contribution < 1.29 is 9.21 Å². The number of carbonyl (C=O) groups is 1. The minimum atomic E-state index is 0.0154. The van der Waals surface area contributed by atoms with Crippen LogP contribution in [0, 0.1) is 12.8 Å². The highest BCUT2D eigenvalue weighted by molar-refractivity contribution is 5.88. The molecule has 0 spiro atoms.